The molecule has 15 unspecified atom stereocenters. The van der Waals surface area contributed by atoms with E-state index in [0.717, 1.165) is 18.4 Å². The van der Waals surface area contributed by atoms with Crippen LogP contribution in [0.25, 0.3) is 0 Å². The Kier molecular flexibility index (Phi) is 18.5. The van der Waals surface area contributed by atoms with Crippen LogP contribution in [0, 0.1) is 23.7 Å². The van der Waals surface area contributed by atoms with Crippen LogP contribution in [-0.4, -0.2) is 192 Å². The smallest absolute Gasteiger partial charge is 0.316 e. The van der Waals surface area contributed by atoms with Crippen molar-refractivity contribution < 1.29 is 92.3 Å². The highest BCUT2D eigenvalue weighted by molar-refractivity contribution is 5.78. The van der Waals surface area contributed by atoms with E-state index in [1.807, 2.05) is 26.8 Å². The molecule has 19 nitrogen and oxygen atoms in total. The Hall–Kier alpha value is -2.25. The lowest BCUT2D eigenvalue weighted by Gasteiger charge is -2.51. The van der Waals surface area contributed by atoms with Gasteiger partial charge in [0.25, 0.3) is 0 Å². The Labute approximate surface area is 430 Å². The van der Waals surface area contributed by atoms with Crippen LogP contribution in [0.4, 0.5) is 0 Å². The molecule has 8 aliphatic rings. The Morgan fingerprint density at radius 3 is 2.25 bits per heavy atom. The zero-order valence-corrected chi connectivity index (χ0v) is 44.2. The number of carbonyl (C=O) groups excluding carboxylic acids is 1. The van der Waals surface area contributed by atoms with Crippen LogP contribution < -0.4 is 0 Å². The molecule has 0 radical (unpaired) electrons. The van der Waals surface area contributed by atoms with Gasteiger partial charge in [0.15, 0.2) is 24.7 Å². The molecule has 8 rings (SSSR count). The van der Waals surface area contributed by atoms with Gasteiger partial charge in [-0.05, 0) is 69.1 Å². The van der Waals surface area contributed by atoms with Crippen LogP contribution in [0.2, 0.25) is 0 Å². The first-order valence-corrected chi connectivity index (χ1v) is 26.7. The molecular weight excluding hydrogens is 953 g/mol. The van der Waals surface area contributed by atoms with Gasteiger partial charge in [0.1, 0.15) is 66.5 Å². The summed E-state index contributed by atoms with van der Waals surface area (Å²) >= 11 is 0. The maximum atomic E-state index is 14.9. The number of aliphatic hydroxyl groups excluding tert-OH is 5. The average molecular weight is 1040 g/mol. The molecule has 2 bridgehead atoms. The predicted molar refractivity (Wildman–Crippen MR) is 260 cm³/mol. The summed E-state index contributed by atoms with van der Waals surface area (Å²) in [7, 11) is 3.19. The third-order valence-electron chi connectivity index (χ3n) is 17.0. The molecule has 0 aromatic rings. The van der Waals surface area contributed by atoms with Gasteiger partial charge in [-0.25, -0.2) is 0 Å². The van der Waals surface area contributed by atoms with Gasteiger partial charge in [-0.15, -0.1) is 0 Å². The van der Waals surface area contributed by atoms with Gasteiger partial charge >= 0.3 is 5.97 Å². The number of hydrogen-bond donors (Lipinski definition) is 6. The highest BCUT2D eigenvalue weighted by Crippen LogP contribution is 2.49. The lowest BCUT2D eigenvalue weighted by molar-refractivity contribution is -0.340. The van der Waals surface area contributed by atoms with Crippen molar-refractivity contribution in [2.45, 2.75) is 235 Å². The van der Waals surface area contributed by atoms with Crippen LogP contribution in [0.1, 0.15) is 107 Å². The lowest BCUT2D eigenvalue weighted by atomic mass is 9.70. The predicted octanol–water partition coefficient (Wildman–Crippen LogP) is 3.43. The third kappa shape index (κ3) is 11.8. The van der Waals surface area contributed by atoms with Gasteiger partial charge in [-0.2, -0.15) is 0 Å². The molecule has 6 fully saturated rings. The first-order valence-electron chi connectivity index (χ1n) is 26.7. The van der Waals surface area contributed by atoms with E-state index in [1.165, 1.54) is 0 Å². The number of hydrogen-bond acceptors (Lipinski definition) is 19. The van der Waals surface area contributed by atoms with Crippen LogP contribution >= 0.6 is 0 Å². The van der Waals surface area contributed by atoms with Gasteiger partial charge in [-0.3, -0.25) is 4.79 Å². The molecular formula is C54H84O19. The van der Waals surface area contributed by atoms with Gasteiger partial charge in [0.2, 0.25) is 0 Å². The number of ether oxygens (including phenoxy) is 12. The molecule has 1 spiro atoms. The Morgan fingerprint density at radius 1 is 0.822 bits per heavy atom. The van der Waals surface area contributed by atoms with Gasteiger partial charge in [0, 0.05) is 52.2 Å². The SMILES string of the molecule is CC[C@H](C)[C@H]1O[C@]2(CC[C@@H]1C)C[C@@H]1C[C@@H](C/C=C(\C)[C@@H](OC3CC(OC)C(OC4CC(OC)C(O)C(C)O4)C(C)O3)[C@@H](C)/C=C/C=C3\CO[C@@H]4C(OC5OC(CO)C(O)C(O)C5O)C(C)=CC(C(=O)O1)[C@]34O)O2. The first-order chi connectivity index (χ1) is 34.7. The summed E-state index contributed by atoms with van der Waals surface area (Å²) in [5, 5.41) is 65.8. The maximum Gasteiger partial charge on any atom is 0.316 e. The molecule has 0 saturated carbocycles. The molecule has 0 aromatic heterocycles. The van der Waals surface area contributed by atoms with Crippen molar-refractivity contribution in [2.24, 2.45) is 23.7 Å². The normalized spacial score (nSPS) is 50.1. The molecule has 19 heteroatoms. The summed E-state index contributed by atoms with van der Waals surface area (Å²) in [5.74, 6) is -2.67. The van der Waals surface area contributed by atoms with Crippen molar-refractivity contribution in [3.8, 4) is 0 Å². The fourth-order valence-corrected chi connectivity index (χ4v) is 12.4. The monoisotopic (exact) mass is 1040 g/mol. The molecule has 73 heavy (non-hydrogen) atoms. The minimum Gasteiger partial charge on any atom is -0.462 e. The van der Waals surface area contributed by atoms with Crippen molar-refractivity contribution >= 4 is 5.97 Å². The lowest BCUT2D eigenvalue weighted by Crippen LogP contribution is -2.63. The highest BCUT2D eigenvalue weighted by atomic mass is 16.7. The van der Waals surface area contributed by atoms with Crippen molar-refractivity contribution in [2.75, 3.05) is 27.4 Å². The van der Waals surface area contributed by atoms with Gasteiger partial charge in [0.05, 0.1) is 55.9 Å². The molecule has 7 heterocycles. The third-order valence-corrected chi connectivity index (χ3v) is 17.0. The fourth-order valence-electron chi connectivity index (χ4n) is 12.4. The van der Waals surface area contributed by atoms with Crippen molar-refractivity contribution in [1.82, 2.24) is 0 Å². The molecule has 0 aromatic carbocycles. The molecule has 6 N–H and O–H groups in total. The average Bonchev–Trinajstić information content (AvgIpc) is 3.70. The number of esters is 1. The minimum absolute atomic E-state index is 0.0727. The van der Waals surface area contributed by atoms with Crippen LogP contribution in [-0.2, 0) is 61.6 Å². The van der Waals surface area contributed by atoms with E-state index in [9.17, 15) is 35.4 Å². The van der Waals surface area contributed by atoms with Gasteiger partial charge in [-0.1, -0.05) is 64.5 Å². The summed E-state index contributed by atoms with van der Waals surface area (Å²) in [6.07, 6.45) is -2.89. The quantitative estimate of drug-likeness (QED) is 0.128. The maximum absolute atomic E-state index is 14.9. The highest BCUT2D eigenvalue weighted by Gasteiger charge is 2.62. The van der Waals surface area contributed by atoms with E-state index in [-0.39, 0.29) is 24.5 Å². The summed E-state index contributed by atoms with van der Waals surface area (Å²) < 4.78 is 76.6. The van der Waals surface area contributed by atoms with Crippen LogP contribution in [0.15, 0.2) is 47.1 Å². The first kappa shape index (κ1) is 56.9. The summed E-state index contributed by atoms with van der Waals surface area (Å²) in [4.78, 5) is 14.9. The molecule has 6 saturated heterocycles. The Morgan fingerprint density at radius 2 is 1.53 bits per heavy atom. The van der Waals surface area contributed by atoms with E-state index < -0.39 is 140 Å². The van der Waals surface area contributed by atoms with E-state index >= 15 is 0 Å². The second-order valence-corrected chi connectivity index (χ2v) is 22.2. The Balaban J connectivity index is 1.11. The van der Waals surface area contributed by atoms with E-state index in [4.69, 9.17) is 56.8 Å². The largest absolute Gasteiger partial charge is 0.462 e. The number of rotatable bonds is 11. The van der Waals surface area contributed by atoms with Crippen molar-refractivity contribution in [3.63, 3.8) is 0 Å². The standard InChI is InChI=1S/C54H84O19/c1-11-26(2)47-29(5)17-18-53(73-47)23-35-20-34(72-53)16-15-28(4)46(69-41-22-38(63-10)49(32(8)66-41)70-40-21-37(62-9)42(56)31(7)65-40)27(3)13-12-14-33-25-64-50-48(30(6)19-36(51(60)67-35)54(33,50)61)71-52-45(59)44(58)43(57)39(24-55)68-52/h12-15,19,26-27,29,31-32,34-50,52,55-59,61H,11,16-18,20-25H2,1-10H3/b13-12+,28-15+,33-14+/t26-,27-,29-,31?,32?,34+,35-,36?,37?,38?,39?,40?,41?,42?,43?,44?,45?,46-,47+,48?,49?,50+,52?,53+,54+/m0/s1. The summed E-state index contributed by atoms with van der Waals surface area (Å²) in [6, 6.07) is 0. The zero-order chi connectivity index (χ0) is 52.7. The van der Waals surface area contributed by atoms with Gasteiger partial charge < -0.3 is 87.5 Å². The number of methoxy groups -OCH3 is 2. The topological polar surface area (TPSA) is 249 Å². The number of aliphatic hydroxyl groups is 6. The molecule has 7 aliphatic heterocycles. The molecule has 0 amide bonds. The Bertz CT molecular complexity index is 1990. The summed E-state index contributed by atoms with van der Waals surface area (Å²) in [5.41, 5.74) is -0.266. The van der Waals surface area contributed by atoms with Crippen LogP contribution in [0.5, 0.6) is 0 Å². The summed E-state index contributed by atoms with van der Waals surface area (Å²) in [6.45, 7) is 15.2. The second-order valence-electron chi connectivity index (χ2n) is 22.2. The van der Waals surface area contributed by atoms with Crippen molar-refractivity contribution in [3.05, 3.63) is 47.1 Å². The molecule has 414 valence electrons. The number of allylic oxidation sites excluding steroid dienone is 2. The fraction of sp³-hybridized carbons (Fsp3) is 0.833. The van der Waals surface area contributed by atoms with E-state index in [2.05, 4.69) is 26.8 Å². The number of fused-ring (bicyclic) bond motifs is 2. The van der Waals surface area contributed by atoms with E-state index in [1.54, 1.807) is 46.3 Å². The van der Waals surface area contributed by atoms with E-state index in [0.29, 0.717) is 55.6 Å². The van der Waals surface area contributed by atoms with Crippen molar-refractivity contribution in [1.29, 1.82) is 0 Å². The second kappa shape index (κ2) is 23.8. The minimum atomic E-state index is -2.03. The molecule has 25 atom stereocenters. The van der Waals surface area contributed by atoms with Crippen LogP contribution in [0.3, 0.4) is 0 Å². The zero-order valence-electron chi connectivity index (χ0n) is 44.2. The molecule has 1 aliphatic carbocycles. The number of carbonyl (C=O) groups is 1.